The summed E-state index contributed by atoms with van der Waals surface area (Å²) in [4.78, 5) is 0. The van der Waals surface area contributed by atoms with Crippen LogP contribution in [0.4, 0.5) is 0 Å². The van der Waals surface area contributed by atoms with Crippen LogP contribution in [0.2, 0.25) is 0 Å². The molecule has 3 aromatic rings. The smallest absolute Gasteiger partial charge is 0.139 e. The van der Waals surface area contributed by atoms with Crippen molar-refractivity contribution in [2.45, 2.75) is 51.0 Å². The third-order valence-corrected chi connectivity index (χ3v) is 7.78. The van der Waals surface area contributed by atoms with Gasteiger partial charge in [0, 0.05) is 17.4 Å². The second-order valence-corrected chi connectivity index (χ2v) is 9.79. The van der Waals surface area contributed by atoms with Crippen LogP contribution in [0.5, 0.6) is 0 Å². The zero-order valence-corrected chi connectivity index (χ0v) is 19.0. The van der Waals surface area contributed by atoms with Gasteiger partial charge < -0.3 is 14.6 Å². The van der Waals surface area contributed by atoms with Crippen molar-refractivity contribution in [1.82, 2.24) is 0 Å². The van der Waals surface area contributed by atoms with Gasteiger partial charge in [0.2, 0.25) is 0 Å². The Morgan fingerprint density at radius 3 is 2.50 bits per heavy atom. The minimum atomic E-state index is -1.12. The van der Waals surface area contributed by atoms with E-state index in [1.807, 2.05) is 13.0 Å². The molecule has 0 saturated heterocycles. The van der Waals surface area contributed by atoms with Crippen LogP contribution in [0.25, 0.3) is 28.2 Å². The average molecular weight is 465 g/mol. The van der Waals surface area contributed by atoms with E-state index >= 15 is 0 Å². The third kappa shape index (κ3) is 2.67. The topological polar surface area (TPSA) is 53.6 Å². The number of hydrogen-bond donors (Lipinski definition) is 2. The Balaban J connectivity index is 1.59. The average Bonchev–Trinajstić information content (AvgIpc) is 3.24. The van der Waals surface area contributed by atoms with Crippen molar-refractivity contribution in [2.24, 2.45) is 0 Å². The van der Waals surface area contributed by atoms with E-state index in [0.717, 1.165) is 12.0 Å². The molecule has 1 atom stereocenters. The molecule has 0 spiro atoms. The van der Waals surface area contributed by atoms with Gasteiger partial charge in [-0.25, -0.2) is 0 Å². The molecular formula is C26H25BrO3. The van der Waals surface area contributed by atoms with Gasteiger partial charge in [-0.1, -0.05) is 63.6 Å². The monoisotopic (exact) mass is 464 g/mol. The first-order valence-corrected chi connectivity index (χ1v) is 11.2. The van der Waals surface area contributed by atoms with Gasteiger partial charge in [0.05, 0.1) is 10.0 Å². The Labute approximate surface area is 185 Å². The van der Waals surface area contributed by atoms with Crippen LogP contribution < -0.4 is 0 Å². The van der Waals surface area contributed by atoms with Crippen LogP contribution in [0.3, 0.4) is 0 Å². The van der Waals surface area contributed by atoms with Gasteiger partial charge >= 0.3 is 0 Å². The molecule has 2 aliphatic rings. The second-order valence-electron chi connectivity index (χ2n) is 9.00. The Kier molecular flexibility index (Phi) is 4.32. The summed E-state index contributed by atoms with van der Waals surface area (Å²) in [5.74, 6) is 1.41. The number of hydrogen-bond acceptors (Lipinski definition) is 3. The van der Waals surface area contributed by atoms with Crippen LogP contribution in [0.15, 0.2) is 57.4 Å². The highest BCUT2D eigenvalue weighted by molar-refractivity contribution is 9.12. The fraction of sp³-hybridized carbons (Fsp3) is 0.308. The van der Waals surface area contributed by atoms with E-state index in [-0.39, 0.29) is 11.2 Å². The van der Waals surface area contributed by atoms with E-state index in [0.29, 0.717) is 34.4 Å². The van der Waals surface area contributed by atoms with Crippen molar-refractivity contribution in [2.75, 3.05) is 0 Å². The molecule has 2 aliphatic carbocycles. The van der Waals surface area contributed by atoms with Crippen LogP contribution in [0.1, 0.15) is 56.1 Å². The molecule has 154 valence electrons. The number of furan rings is 1. The standard InChI is InChI=1S/C26H25BrO3/c1-4-11-26(29)14-22-18(23(28)24(26)27)13-21(30-22)15-9-10-17-16-7-5-6-8-19(16)25(2,3)20(17)12-15/h5-10,12-13,28-29H,4,11,14H2,1-3H3/t26-/m0/s1. The van der Waals surface area contributed by atoms with Crippen molar-refractivity contribution in [3.63, 3.8) is 0 Å². The Morgan fingerprint density at radius 1 is 1.00 bits per heavy atom. The summed E-state index contributed by atoms with van der Waals surface area (Å²) in [6.07, 6.45) is 1.71. The molecule has 0 unspecified atom stereocenters. The van der Waals surface area contributed by atoms with Gasteiger partial charge in [-0.15, -0.1) is 0 Å². The lowest BCUT2D eigenvalue weighted by molar-refractivity contribution is 0.0691. The molecule has 0 radical (unpaired) electrons. The molecule has 0 bridgehead atoms. The summed E-state index contributed by atoms with van der Waals surface area (Å²) in [6.45, 7) is 6.53. The van der Waals surface area contributed by atoms with Crippen LogP contribution in [-0.4, -0.2) is 15.8 Å². The van der Waals surface area contributed by atoms with E-state index in [1.54, 1.807) is 0 Å². The summed E-state index contributed by atoms with van der Waals surface area (Å²) in [7, 11) is 0. The zero-order valence-electron chi connectivity index (χ0n) is 17.4. The fourth-order valence-electron chi connectivity index (χ4n) is 5.05. The highest BCUT2D eigenvalue weighted by Crippen LogP contribution is 2.50. The van der Waals surface area contributed by atoms with Crippen molar-refractivity contribution >= 4 is 21.7 Å². The number of rotatable bonds is 3. The van der Waals surface area contributed by atoms with E-state index in [4.69, 9.17) is 4.42 Å². The highest BCUT2D eigenvalue weighted by atomic mass is 79.9. The molecule has 2 aromatic carbocycles. The van der Waals surface area contributed by atoms with E-state index in [2.05, 4.69) is 72.2 Å². The molecule has 1 aromatic heterocycles. The predicted molar refractivity (Wildman–Crippen MR) is 124 cm³/mol. The van der Waals surface area contributed by atoms with Crippen LogP contribution in [0, 0.1) is 0 Å². The van der Waals surface area contributed by atoms with Gasteiger partial charge in [-0.05, 0) is 56.7 Å². The molecule has 30 heavy (non-hydrogen) atoms. The maximum Gasteiger partial charge on any atom is 0.139 e. The van der Waals surface area contributed by atoms with Crippen molar-refractivity contribution in [1.29, 1.82) is 0 Å². The first kappa shape index (κ1) is 19.7. The van der Waals surface area contributed by atoms with Crippen LogP contribution in [-0.2, 0) is 11.8 Å². The van der Waals surface area contributed by atoms with Gasteiger partial charge in [-0.3, -0.25) is 0 Å². The van der Waals surface area contributed by atoms with Gasteiger partial charge in [0.25, 0.3) is 0 Å². The minimum absolute atomic E-state index is 0.0658. The van der Waals surface area contributed by atoms with Gasteiger partial charge in [0.15, 0.2) is 0 Å². The molecule has 0 amide bonds. The van der Waals surface area contributed by atoms with E-state index < -0.39 is 5.60 Å². The summed E-state index contributed by atoms with van der Waals surface area (Å²) < 4.78 is 6.63. The molecule has 5 rings (SSSR count). The summed E-state index contributed by atoms with van der Waals surface area (Å²) >= 11 is 3.42. The van der Waals surface area contributed by atoms with Crippen LogP contribution >= 0.6 is 15.9 Å². The molecule has 1 heterocycles. The lowest BCUT2D eigenvalue weighted by Gasteiger charge is -2.31. The number of benzene rings is 2. The molecular weight excluding hydrogens is 440 g/mol. The summed E-state index contributed by atoms with van der Waals surface area (Å²) in [5, 5.41) is 21.7. The van der Waals surface area contributed by atoms with Crippen molar-refractivity contribution in [3.8, 4) is 22.5 Å². The molecule has 0 saturated carbocycles. The molecule has 3 nitrogen and oxygen atoms in total. The normalized spacial score (nSPS) is 21.4. The SMILES string of the molecule is CCC[C@]1(O)Cc2oc(-c3ccc4c(c3)C(C)(C)c3ccccc3-4)cc2C(O)=C1Br. The summed E-state index contributed by atoms with van der Waals surface area (Å²) in [5.41, 5.74) is 5.59. The quantitative estimate of drug-likeness (QED) is 0.440. The largest absolute Gasteiger partial charge is 0.506 e. The molecule has 0 fully saturated rings. The summed E-state index contributed by atoms with van der Waals surface area (Å²) in [6, 6.07) is 16.9. The van der Waals surface area contributed by atoms with Gasteiger partial charge in [-0.2, -0.15) is 0 Å². The fourth-order valence-corrected chi connectivity index (χ4v) is 5.61. The predicted octanol–water partition coefficient (Wildman–Crippen LogP) is 6.96. The first-order valence-electron chi connectivity index (χ1n) is 10.5. The third-order valence-electron chi connectivity index (χ3n) is 6.67. The highest BCUT2D eigenvalue weighted by Gasteiger charge is 2.40. The zero-order chi connectivity index (χ0) is 21.3. The Morgan fingerprint density at radius 2 is 1.73 bits per heavy atom. The number of aliphatic hydroxyl groups is 2. The maximum atomic E-state index is 11.0. The lowest BCUT2D eigenvalue weighted by Crippen LogP contribution is -2.35. The van der Waals surface area contributed by atoms with E-state index in [1.165, 1.54) is 22.3 Å². The van der Waals surface area contributed by atoms with Crippen molar-refractivity contribution < 1.29 is 14.6 Å². The minimum Gasteiger partial charge on any atom is -0.506 e. The molecule has 0 aliphatic heterocycles. The second kappa shape index (κ2) is 6.60. The van der Waals surface area contributed by atoms with Crippen molar-refractivity contribution in [3.05, 3.63) is 75.5 Å². The Bertz CT molecular complexity index is 1200. The number of fused-ring (bicyclic) bond motifs is 4. The lowest BCUT2D eigenvalue weighted by atomic mass is 9.82. The molecule has 4 heteroatoms. The Hall–Kier alpha value is -2.30. The number of halogens is 1. The van der Waals surface area contributed by atoms with Gasteiger partial charge in [0.1, 0.15) is 22.9 Å². The molecule has 2 N–H and O–H groups in total. The maximum absolute atomic E-state index is 11.0. The van der Waals surface area contributed by atoms with E-state index in [9.17, 15) is 10.2 Å². The number of aliphatic hydroxyl groups excluding tert-OH is 1. The first-order chi connectivity index (χ1) is 14.3.